The molecule has 2 fully saturated rings. The lowest BCUT2D eigenvalue weighted by Gasteiger charge is -2.51. The van der Waals surface area contributed by atoms with Gasteiger partial charge >= 0.3 is 0 Å². The first-order valence-corrected chi connectivity index (χ1v) is 9.08. The van der Waals surface area contributed by atoms with Crippen LogP contribution in [-0.2, 0) is 6.42 Å². The summed E-state index contributed by atoms with van der Waals surface area (Å²) in [5.41, 5.74) is 9.71. The number of fused-ring (bicyclic) bond motifs is 5. The Morgan fingerprint density at radius 1 is 1.23 bits per heavy atom. The van der Waals surface area contributed by atoms with E-state index in [0.717, 1.165) is 18.3 Å². The first-order valence-electron chi connectivity index (χ1n) is 9.08. The molecule has 120 valence electrons. The van der Waals surface area contributed by atoms with Gasteiger partial charge in [-0.25, -0.2) is 0 Å². The summed E-state index contributed by atoms with van der Waals surface area (Å²) in [5.74, 6) is 3.54. The molecule has 6 unspecified atom stereocenters. The molecule has 3 N–H and O–H groups in total. The third kappa shape index (κ3) is 1.96. The minimum atomic E-state index is 0.333. The van der Waals surface area contributed by atoms with Crippen molar-refractivity contribution in [2.45, 2.75) is 64.3 Å². The summed E-state index contributed by atoms with van der Waals surface area (Å²) in [4.78, 5) is 0. The minimum Gasteiger partial charge on any atom is -0.508 e. The normalized spacial score (nSPS) is 41.4. The number of rotatable bonds is 1. The molecular weight excluding hydrogens is 270 g/mol. The summed E-state index contributed by atoms with van der Waals surface area (Å²) in [6.07, 6.45) is 7.76. The van der Waals surface area contributed by atoms with E-state index in [1.807, 2.05) is 12.1 Å². The topological polar surface area (TPSA) is 46.2 Å². The average Bonchev–Trinajstić information content (AvgIpc) is 2.84. The number of hydrogen-bond acceptors (Lipinski definition) is 2. The van der Waals surface area contributed by atoms with E-state index in [1.54, 1.807) is 0 Å². The summed E-state index contributed by atoms with van der Waals surface area (Å²) in [7, 11) is 0. The Hall–Kier alpha value is -1.02. The molecule has 0 aliphatic heterocycles. The minimum absolute atomic E-state index is 0.333. The van der Waals surface area contributed by atoms with Crippen molar-refractivity contribution in [3.63, 3.8) is 0 Å². The van der Waals surface area contributed by atoms with Crippen LogP contribution >= 0.6 is 0 Å². The van der Waals surface area contributed by atoms with Gasteiger partial charge in [0.15, 0.2) is 0 Å². The fraction of sp³-hybridized carbons (Fsp3) is 0.700. The van der Waals surface area contributed by atoms with Crippen molar-refractivity contribution < 1.29 is 5.11 Å². The molecule has 1 aromatic carbocycles. The zero-order valence-electron chi connectivity index (χ0n) is 13.9. The molecule has 22 heavy (non-hydrogen) atoms. The summed E-state index contributed by atoms with van der Waals surface area (Å²) >= 11 is 0. The van der Waals surface area contributed by atoms with Gasteiger partial charge in [0.1, 0.15) is 5.75 Å². The molecule has 0 heterocycles. The zero-order valence-corrected chi connectivity index (χ0v) is 13.9. The molecule has 6 atom stereocenters. The maximum atomic E-state index is 9.76. The molecule has 0 saturated heterocycles. The molecule has 2 heteroatoms. The van der Waals surface area contributed by atoms with E-state index in [2.05, 4.69) is 19.9 Å². The van der Waals surface area contributed by atoms with Gasteiger partial charge in [0.25, 0.3) is 0 Å². The molecule has 2 nitrogen and oxygen atoms in total. The van der Waals surface area contributed by atoms with Crippen molar-refractivity contribution in [1.82, 2.24) is 0 Å². The Bertz CT molecular complexity index is 581. The summed E-state index contributed by atoms with van der Waals surface area (Å²) in [5, 5.41) is 9.76. The van der Waals surface area contributed by atoms with Gasteiger partial charge in [0, 0.05) is 6.04 Å². The number of hydrogen-bond donors (Lipinski definition) is 2. The highest BCUT2D eigenvalue weighted by Gasteiger charge is 2.55. The average molecular weight is 299 g/mol. The van der Waals surface area contributed by atoms with E-state index in [0.29, 0.717) is 29.0 Å². The second-order valence-corrected chi connectivity index (χ2v) is 8.39. The van der Waals surface area contributed by atoms with Gasteiger partial charge in [-0.2, -0.15) is 0 Å². The molecule has 0 radical (unpaired) electrons. The molecule has 3 aliphatic rings. The van der Waals surface area contributed by atoms with Crippen molar-refractivity contribution in [1.29, 1.82) is 0 Å². The highest BCUT2D eigenvalue weighted by molar-refractivity contribution is 5.40. The predicted octanol–water partition coefficient (Wildman–Crippen LogP) is 4.21. The van der Waals surface area contributed by atoms with Crippen LogP contribution in [0.25, 0.3) is 0 Å². The highest BCUT2D eigenvalue weighted by Crippen LogP contribution is 2.63. The van der Waals surface area contributed by atoms with Gasteiger partial charge in [-0.1, -0.05) is 13.0 Å². The number of phenolic OH excluding ortho intramolecular Hbond substituents is 1. The largest absolute Gasteiger partial charge is 0.508 e. The van der Waals surface area contributed by atoms with E-state index in [-0.39, 0.29) is 0 Å². The molecule has 0 amide bonds. The number of aromatic hydroxyl groups is 1. The zero-order chi connectivity index (χ0) is 15.5. The maximum absolute atomic E-state index is 9.76. The van der Waals surface area contributed by atoms with Gasteiger partial charge in [0.05, 0.1) is 0 Å². The fourth-order valence-electron chi connectivity index (χ4n) is 6.47. The molecule has 1 aromatic rings. The van der Waals surface area contributed by atoms with E-state index >= 15 is 0 Å². The van der Waals surface area contributed by atoms with Crippen LogP contribution in [-0.4, -0.2) is 11.1 Å². The Labute approximate surface area is 134 Å². The van der Waals surface area contributed by atoms with Gasteiger partial charge in [0.2, 0.25) is 0 Å². The Morgan fingerprint density at radius 2 is 2.05 bits per heavy atom. The van der Waals surface area contributed by atoms with Crippen molar-refractivity contribution in [2.75, 3.05) is 0 Å². The quantitative estimate of drug-likeness (QED) is 0.816. The van der Waals surface area contributed by atoms with Crippen LogP contribution in [0, 0.1) is 23.2 Å². The maximum Gasteiger partial charge on any atom is 0.115 e. The van der Waals surface area contributed by atoms with Gasteiger partial charge in [-0.15, -0.1) is 0 Å². The van der Waals surface area contributed by atoms with Crippen molar-refractivity contribution in [3.05, 3.63) is 29.3 Å². The summed E-state index contributed by atoms with van der Waals surface area (Å²) < 4.78 is 0. The monoisotopic (exact) mass is 299 g/mol. The summed E-state index contributed by atoms with van der Waals surface area (Å²) in [6, 6.07) is 6.41. The molecule has 0 aromatic heterocycles. The molecule has 4 rings (SSSR count). The van der Waals surface area contributed by atoms with Crippen LogP contribution in [0.5, 0.6) is 5.75 Å². The van der Waals surface area contributed by atoms with Crippen LogP contribution in [0.3, 0.4) is 0 Å². The molecule has 3 aliphatic carbocycles. The van der Waals surface area contributed by atoms with E-state index in [9.17, 15) is 5.11 Å². The third-order valence-electron chi connectivity index (χ3n) is 7.42. The van der Waals surface area contributed by atoms with E-state index in [1.165, 1.54) is 43.2 Å². The number of aryl methyl sites for hydroxylation is 1. The fourth-order valence-corrected chi connectivity index (χ4v) is 6.47. The lowest BCUT2D eigenvalue weighted by atomic mass is 9.53. The number of benzene rings is 1. The van der Waals surface area contributed by atoms with Crippen LogP contribution in [0.2, 0.25) is 0 Å². The summed E-state index contributed by atoms with van der Waals surface area (Å²) in [6.45, 7) is 4.74. The number of nitrogens with two attached hydrogens (primary N) is 1. The first-order chi connectivity index (χ1) is 10.5. The van der Waals surface area contributed by atoms with E-state index < -0.39 is 0 Å². The second kappa shape index (κ2) is 4.99. The SMILES string of the molecule is CC(N)C1CCC2C3CCc4cc(O)ccc4C3CCC12C. The van der Waals surface area contributed by atoms with Gasteiger partial charge < -0.3 is 10.8 Å². The second-order valence-electron chi connectivity index (χ2n) is 8.39. The predicted molar refractivity (Wildman–Crippen MR) is 89.9 cm³/mol. The van der Waals surface area contributed by atoms with E-state index in [4.69, 9.17) is 5.73 Å². The highest BCUT2D eigenvalue weighted by atomic mass is 16.3. The van der Waals surface area contributed by atoms with Crippen LogP contribution in [0.4, 0.5) is 0 Å². The standard InChI is InChI=1S/C20H29NO/c1-12(21)18-7-8-19-17-5-3-13-11-14(22)4-6-15(13)16(17)9-10-20(18,19)2/h4,6,11-12,16-19,22H,3,5,7-10,21H2,1-2H3. The molecular formula is C20H29NO. The van der Waals surface area contributed by atoms with Crippen LogP contribution < -0.4 is 5.73 Å². The Morgan fingerprint density at radius 3 is 2.82 bits per heavy atom. The smallest absolute Gasteiger partial charge is 0.115 e. The Kier molecular flexibility index (Phi) is 3.30. The number of phenols is 1. The lowest BCUT2D eigenvalue weighted by molar-refractivity contribution is 0.0224. The van der Waals surface area contributed by atoms with Crippen molar-refractivity contribution in [3.8, 4) is 5.75 Å². The Balaban J connectivity index is 1.67. The van der Waals surface area contributed by atoms with Crippen LogP contribution in [0.1, 0.15) is 63.0 Å². The molecule has 0 bridgehead atoms. The van der Waals surface area contributed by atoms with Gasteiger partial charge in [-0.3, -0.25) is 0 Å². The lowest BCUT2D eigenvalue weighted by Crippen LogP contribution is -2.46. The van der Waals surface area contributed by atoms with Crippen LogP contribution in [0.15, 0.2) is 18.2 Å². The third-order valence-corrected chi connectivity index (χ3v) is 7.42. The molecule has 0 spiro atoms. The molecule has 2 saturated carbocycles. The first kappa shape index (κ1) is 14.6. The van der Waals surface area contributed by atoms with Crippen molar-refractivity contribution in [2.24, 2.45) is 28.9 Å². The van der Waals surface area contributed by atoms with Crippen molar-refractivity contribution >= 4 is 0 Å². The van der Waals surface area contributed by atoms with Gasteiger partial charge in [-0.05, 0) is 97.8 Å².